The van der Waals surface area contributed by atoms with Crippen molar-refractivity contribution in [1.29, 1.82) is 0 Å². The van der Waals surface area contributed by atoms with Gasteiger partial charge in [0.15, 0.2) is 5.82 Å². The number of nitrogens with zero attached hydrogens (tertiary/aromatic N) is 1. The van der Waals surface area contributed by atoms with Crippen LogP contribution in [0.15, 0.2) is 17.0 Å². The summed E-state index contributed by atoms with van der Waals surface area (Å²) in [7, 11) is -3.98. The van der Waals surface area contributed by atoms with Crippen molar-refractivity contribution in [3.63, 3.8) is 0 Å². The molecule has 0 aromatic heterocycles. The van der Waals surface area contributed by atoms with Gasteiger partial charge in [-0.3, -0.25) is 4.79 Å². The first-order valence-corrected chi connectivity index (χ1v) is 6.71. The molecule has 1 aromatic rings. The van der Waals surface area contributed by atoms with E-state index in [0.29, 0.717) is 13.1 Å². The minimum absolute atomic E-state index is 0.0742. The Labute approximate surface area is 116 Å². The molecule has 0 aliphatic carbocycles. The number of hydrogen-bond acceptors (Lipinski definition) is 3. The molecule has 118 valence electrons. The topological polar surface area (TPSA) is 80.5 Å². The molecule has 0 radical (unpaired) electrons. The van der Waals surface area contributed by atoms with Gasteiger partial charge in [-0.1, -0.05) is 0 Å². The fraction of sp³-hybridized carbons (Fsp3) is 0.300. The number of benzene rings is 1. The number of rotatable bonds is 3. The van der Waals surface area contributed by atoms with E-state index in [1.165, 1.54) is 0 Å². The Morgan fingerprint density at radius 2 is 1.81 bits per heavy atom. The lowest BCUT2D eigenvalue weighted by atomic mass is 10.2. The lowest BCUT2D eigenvalue weighted by Crippen LogP contribution is -2.36. The lowest BCUT2D eigenvalue weighted by molar-refractivity contribution is -0.138. The average molecular weight is 332 g/mol. The summed E-state index contributed by atoms with van der Waals surface area (Å²) in [5.74, 6) is -4.57. The van der Waals surface area contributed by atoms with Crippen LogP contribution in [0.3, 0.4) is 0 Å². The number of carbonyl (C=O) groups excluding carboxylic acids is 1. The molecule has 2 N–H and O–H groups in total. The second-order valence-corrected chi connectivity index (χ2v) is 5.62. The standard InChI is InChI=1S/C10H9F5N2O3S/c1-17(4-10(13,14)15)9(18)6-2-5(11)3-7(8(6)12)21(16,19)20/h2-3H,4H2,1H3,(H2,16,19,20). The van der Waals surface area contributed by atoms with Crippen LogP contribution in [0.4, 0.5) is 22.0 Å². The van der Waals surface area contributed by atoms with Crippen molar-refractivity contribution < 1.29 is 35.2 Å². The van der Waals surface area contributed by atoms with Gasteiger partial charge in [-0.25, -0.2) is 22.3 Å². The van der Waals surface area contributed by atoms with Crippen LogP contribution in [0.25, 0.3) is 0 Å². The van der Waals surface area contributed by atoms with Crippen LogP contribution < -0.4 is 5.14 Å². The van der Waals surface area contributed by atoms with Crippen molar-refractivity contribution >= 4 is 15.9 Å². The van der Waals surface area contributed by atoms with Crippen molar-refractivity contribution in [2.45, 2.75) is 11.1 Å². The van der Waals surface area contributed by atoms with Crippen molar-refractivity contribution in [2.24, 2.45) is 5.14 Å². The lowest BCUT2D eigenvalue weighted by Gasteiger charge is -2.19. The predicted molar refractivity (Wildman–Crippen MR) is 60.7 cm³/mol. The molecule has 0 atom stereocenters. The van der Waals surface area contributed by atoms with Crippen molar-refractivity contribution in [3.05, 3.63) is 29.3 Å². The molecule has 1 amide bonds. The predicted octanol–water partition coefficient (Wildman–Crippen LogP) is 1.25. The maximum absolute atomic E-state index is 13.8. The third kappa shape index (κ3) is 4.36. The number of sulfonamides is 1. The Bertz CT molecular complexity index is 672. The fourth-order valence-electron chi connectivity index (χ4n) is 1.47. The Hall–Kier alpha value is -1.75. The third-order valence-electron chi connectivity index (χ3n) is 2.30. The van der Waals surface area contributed by atoms with Gasteiger partial charge in [0.25, 0.3) is 5.91 Å². The zero-order valence-corrected chi connectivity index (χ0v) is 11.2. The van der Waals surface area contributed by atoms with Gasteiger partial charge < -0.3 is 4.90 Å². The first-order valence-electron chi connectivity index (χ1n) is 5.17. The molecule has 0 heterocycles. The first kappa shape index (κ1) is 17.3. The largest absolute Gasteiger partial charge is 0.406 e. The maximum atomic E-state index is 13.8. The molecular formula is C10H9F5N2O3S. The molecule has 0 fully saturated rings. The van der Waals surface area contributed by atoms with E-state index in [1.54, 1.807) is 0 Å². The number of carbonyl (C=O) groups is 1. The molecule has 11 heteroatoms. The van der Waals surface area contributed by atoms with E-state index in [4.69, 9.17) is 0 Å². The van der Waals surface area contributed by atoms with Crippen LogP contribution in [0, 0.1) is 11.6 Å². The number of hydrogen-bond donors (Lipinski definition) is 1. The molecule has 0 aliphatic heterocycles. The highest BCUT2D eigenvalue weighted by Crippen LogP contribution is 2.22. The van der Waals surface area contributed by atoms with Gasteiger partial charge in [-0.2, -0.15) is 13.2 Å². The molecule has 0 spiro atoms. The zero-order chi connectivity index (χ0) is 16.6. The molecule has 0 aliphatic rings. The Morgan fingerprint density at radius 1 is 1.29 bits per heavy atom. The smallest absolute Gasteiger partial charge is 0.333 e. The summed E-state index contributed by atoms with van der Waals surface area (Å²) >= 11 is 0. The SMILES string of the molecule is CN(CC(F)(F)F)C(=O)c1cc(F)cc(S(N)(=O)=O)c1F. The summed E-state index contributed by atoms with van der Waals surface area (Å²) in [6, 6.07) is 0.518. The van der Waals surface area contributed by atoms with Crippen molar-refractivity contribution in [2.75, 3.05) is 13.6 Å². The maximum Gasteiger partial charge on any atom is 0.406 e. The molecule has 5 nitrogen and oxygen atoms in total. The van der Waals surface area contributed by atoms with Crippen LogP contribution in [-0.4, -0.2) is 39.0 Å². The summed E-state index contributed by atoms with van der Waals surface area (Å²) in [6.07, 6.45) is -4.75. The van der Waals surface area contributed by atoms with E-state index < -0.39 is 50.7 Å². The second kappa shape index (κ2) is 5.56. The van der Waals surface area contributed by atoms with Crippen LogP contribution in [-0.2, 0) is 10.0 Å². The number of alkyl halides is 3. The minimum atomic E-state index is -4.75. The van der Waals surface area contributed by atoms with Gasteiger partial charge >= 0.3 is 6.18 Å². The highest BCUT2D eigenvalue weighted by Gasteiger charge is 2.33. The minimum Gasteiger partial charge on any atom is -0.333 e. The Kier molecular flexibility index (Phi) is 4.58. The van der Waals surface area contributed by atoms with Crippen LogP contribution in [0.2, 0.25) is 0 Å². The summed E-state index contributed by atoms with van der Waals surface area (Å²) in [5, 5.41) is 4.63. The highest BCUT2D eigenvalue weighted by atomic mass is 32.2. The summed E-state index contributed by atoms with van der Waals surface area (Å²) in [6.45, 7) is -1.72. The molecule has 1 rings (SSSR count). The van der Waals surface area contributed by atoms with E-state index in [0.717, 1.165) is 0 Å². The summed E-state index contributed by atoms with van der Waals surface area (Å²) < 4.78 is 85.6. The van der Waals surface area contributed by atoms with Gasteiger partial charge in [0, 0.05) is 7.05 Å². The molecule has 1 aromatic carbocycles. The number of nitrogens with two attached hydrogens (primary N) is 1. The van der Waals surface area contributed by atoms with Gasteiger partial charge in [-0.05, 0) is 12.1 Å². The van der Waals surface area contributed by atoms with Gasteiger partial charge in [0.05, 0.1) is 5.56 Å². The van der Waals surface area contributed by atoms with Gasteiger partial charge in [0.1, 0.15) is 17.3 Å². The average Bonchev–Trinajstić information content (AvgIpc) is 2.27. The fourth-order valence-corrected chi connectivity index (χ4v) is 2.11. The van der Waals surface area contributed by atoms with Crippen molar-refractivity contribution in [3.8, 4) is 0 Å². The molecule has 0 bridgehead atoms. The molecule has 0 unspecified atom stereocenters. The first-order chi connectivity index (χ1) is 9.33. The van der Waals surface area contributed by atoms with Crippen LogP contribution in [0.1, 0.15) is 10.4 Å². The van der Waals surface area contributed by atoms with E-state index in [-0.39, 0.29) is 11.0 Å². The van der Waals surface area contributed by atoms with E-state index in [1.807, 2.05) is 0 Å². The molecule has 0 saturated carbocycles. The molecule has 0 saturated heterocycles. The van der Waals surface area contributed by atoms with Crippen molar-refractivity contribution in [1.82, 2.24) is 4.90 Å². The Morgan fingerprint density at radius 3 is 2.24 bits per heavy atom. The van der Waals surface area contributed by atoms with E-state index in [9.17, 15) is 35.2 Å². The second-order valence-electron chi connectivity index (χ2n) is 4.09. The summed E-state index contributed by atoms with van der Waals surface area (Å²) in [4.78, 5) is 10.4. The van der Waals surface area contributed by atoms with Crippen LogP contribution >= 0.6 is 0 Å². The van der Waals surface area contributed by atoms with E-state index in [2.05, 4.69) is 5.14 Å². The number of primary sulfonamides is 1. The Balaban J connectivity index is 3.32. The quantitative estimate of drug-likeness (QED) is 0.846. The number of amides is 1. The zero-order valence-electron chi connectivity index (χ0n) is 10.4. The molecular weight excluding hydrogens is 323 g/mol. The monoisotopic (exact) mass is 332 g/mol. The van der Waals surface area contributed by atoms with Gasteiger partial charge in [0.2, 0.25) is 10.0 Å². The normalized spacial score (nSPS) is 12.3. The highest BCUT2D eigenvalue weighted by molar-refractivity contribution is 7.89. The molecule has 21 heavy (non-hydrogen) atoms. The van der Waals surface area contributed by atoms with Crippen LogP contribution in [0.5, 0.6) is 0 Å². The summed E-state index contributed by atoms with van der Waals surface area (Å²) in [5.41, 5.74) is -1.16. The third-order valence-corrected chi connectivity index (χ3v) is 3.21. The number of halogens is 5. The van der Waals surface area contributed by atoms with Gasteiger partial charge in [-0.15, -0.1) is 0 Å². The van der Waals surface area contributed by atoms with E-state index >= 15 is 0 Å².